The molecule has 0 saturated heterocycles. The number of aryl methyl sites for hydroxylation is 2. The first kappa shape index (κ1) is 26.0. The number of hydrogen-bond acceptors (Lipinski definition) is 4. The zero-order valence-corrected chi connectivity index (χ0v) is 20.4. The number of aliphatic hydroxyl groups is 1. The van der Waals surface area contributed by atoms with E-state index in [0.717, 1.165) is 12.1 Å². The van der Waals surface area contributed by atoms with Crippen LogP contribution < -0.4 is 4.74 Å². The topological polar surface area (TPSA) is 111 Å². The molecule has 2 heterocycles. The molecule has 5 rings (SSSR count). The van der Waals surface area contributed by atoms with E-state index in [1.165, 1.54) is 42.6 Å². The molecule has 0 radical (unpaired) electrons. The second-order valence-electron chi connectivity index (χ2n) is 8.90. The minimum Gasteiger partial charge on any atom is -0.481 e. The molecule has 4 N–H and O–H groups in total. The van der Waals surface area contributed by atoms with E-state index in [1.807, 2.05) is 0 Å². The van der Waals surface area contributed by atoms with Crippen LogP contribution in [0.1, 0.15) is 35.0 Å². The van der Waals surface area contributed by atoms with Crippen LogP contribution in [0.3, 0.4) is 0 Å². The summed E-state index contributed by atoms with van der Waals surface area (Å²) in [5, 5.41) is 19.9. The number of hydrogen-bond donors (Lipinski definition) is 4. The average Bonchev–Trinajstić information content (AvgIpc) is 3.53. The minimum atomic E-state index is -1.54. The van der Waals surface area contributed by atoms with E-state index < -0.39 is 41.1 Å². The van der Waals surface area contributed by atoms with Crippen LogP contribution in [0.15, 0.2) is 54.7 Å². The van der Waals surface area contributed by atoms with Crippen molar-refractivity contribution in [1.82, 2.24) is 15.0 Å². The highest BCUT2D eigenvalue weighted by molar-refractivity contribution is 5.82. The Morgan fingerprint density at radius 1 is 1.05 bits per heavy atom. The van der Waals surface area contributed by atoms with Gasteiger partial charge in [-0.1, -0.05) is 18.2 Å². The molecular formula is C28H21F4N3O4. The van der Waals surface area contributed by atoms with Crippen molar-refractivity contribution < 1.29 is 37.3 Å². The highest BCUT2D eigenvalue weighted by Crippen LogP contribution is 2.36. The van der Waals surface area contributed by atoms with Crippen LogP contribution in [0.25, 0.3) is 22.3 Å². The van der Waals surface area contributed by atoms with Crippen molar-refractivity contribution in [2.24, 2.45) is 0 Å². The van der Waals surface area contributed by atoms with Crippen LogP contribution >= 0.6 is 0 Å². The highest BCUT2D eigenvalue weighted by atomic mass is 19.1. The van der Waals surface area contributed by atoms with E-state index in [4.69, 9.17) is 9.84 Å². The van der Waals surface area contributed by atoms with Crippen molar-refractivity contribution in [2.45, 2.75) is 25.9 Å². The molecule has 0 saturated carbocycles. The van der Waals surface area contributed by atoms with Crippen LogP contribution in [0.2, 0.25) is 0 Å². The number of aromatic amines is 2. The number of carboxylic acid groups (broad SMARTS) is 1. The Hall–Kier alpha value is -4.64. The van der Waals surface area contributed by atoms with Crippen molar-refractivity contribution >= 4 is 16.9 Å². The lowest BCUT2D eigenvalue weighted by Crippen LogP contribution is -2.08. The third-order valence-corrected chi connectivity index (χ3v) is 6.31. The van der Waals surface area contributed by atoms with Gasteiger partial charge in [0, 0.05) is 35.3 Å². The fourth-order valence-electron chi connectivity index (χ4n) is 4.33. The molecule has 0 fully saturated rings. The van der Waals surface area contributed by atoms with Crippen molar-refractivity contribution in [3.05, 3.63) is 101 Å². The summed E-state index contributed by atoms with van der Waals surface area (Å²) in [4.78, 5) is 20.7. The standard InChI is InChI=1S/C28H21F4N3O4/c1-13-25(26(38)17-4-2-3-14(23(17)31)5-8-22(36)37)35-28(34-13)18-11-15(6-7-19(18)29)39-27-20(30)12-21-16(24(27)32)9-10-33-21/h2-4,6-7,9-12,26,33,38H,5,8H2,1H3,(H,34,35)(H,36,37). The van der Waals surface area contributed by atoms with Gasteiger partial charge in [0.25, 0.3) is 0 Å². The number of H-pyrrole nitrogens is 2. The number of nitrogens with zero attached hydrogens (tertiary/aromatic N) is 1. The molecule has 1 atom stereocenters. The summed E-state index contributed by atoms with van der Waals surface area (Å²) in [6.45, 7) is 1.55. The summed E-state index contributed by atoms with van der Waals surface area (Å²) in [6, 6.07) is 10.2. The molecule has 0 bridgehead atoms. The Balaban J connectivity index is 1.46. The second-order valence-corrected chi connectivity index (χ2v) is 8.90. The summed E-state index contributed by atoms with van der Waals surface area (Å²) < 4.78 is 64.7. The maximum Gasteiger partial charge on any atom is 0.303 e. The Bertz CT molecular complexity index is 1710. The molecule has 5 aromatic rings. The van der Waals surface area contributed by atoms with Crippen molar-refractivity contribution in [3.8, 4) is 22.9 Å². The molecule has 200 valence electrons. The molecule has 0 amide bonds. The fraction of sp³-hybridized carbons (Fsp3) is 0.143. The zero-order chi connectivity index (χ0) is 27.8. The minimum absolute atomic E-state index is 0.0139. The number of fused-ring (bicyclic) bond motifs is 1. The monoisotopic (exact) mass is 539 g/mol. The predicted octanol–water partition coefficient (Wildman–Crippen LogP) is 6.31. The average molecular weight is 539 g/mol. The van der Waals surface area contributed by atoms with Crippen LogP contribution in [-0.2, 0) is 11.2 Å². The van der Waals surface area contributed by atoms with Gasteiger partial charge in [-0.05, 0) is 43.2 Å². The van der Waals surface area contributed by atoms with Gasteiger partial charge < -0.3 is 24.9 Å². The summed E-state index contributed by atoms with van der Waals surface area (Å²) in [7, 11) is 0. The smallest absolute Gasteiger partial charge is 0.303 e. The number of carboxylic acids is 1. The van der Waals surface area contributed by atoms with Gasteiger partial charge in [0.1, 0.15) is 29.3 Å². The Kier molecular flexibility index (Phi) is 6.83. The molecule has 0 aliphatic carbocycles. The molecule has 3 aromatic carbocycles. The largest absolute Gasteiger partial charge is 0.481 e. The van der Waals surface area contributed by atoms with Gasteiger partial charge in [-0.15, -0.1) is 0 Å². The number of benzene rings is 3. The number of aromatic nitrogens is 3. The van der Waals surface area contributed by atoms with E-state index in [-0.39, 0.29) is 57.7 Å². The maximum absolute atomic E-state index is 15.1. The third-order valence-electron chi connectivity index (χ3n) is 6.31. The molecular weight excluding hydrogens is 518 g/mol. The van der Waals surface area contributed by atoms with Crippen LogP contribution in [0.4, 0.5) is 17.6 Å². The van der Waals surface area contributed by atoms with Crippen LogP contribution in [-0.4, -0.2) is 31.1 Å². The Morgan fingerprint density at radius 3 is 2.62 bits per heavy atom. The van der Waals surface area contributed by atoms with Crippen molar-refractivity contribution in [2.75, 3.05) is 0 Å². The lowest BCUT2D eigenvalue weighted by atomic mass is 9.99. The summed E-state index contributed by atoms with van der Waals surface area (Å²) in [5.41, 5.74) is 0.457. The van der Waals surface area contributed by atoms with Gasteiger partial charge in [0.15, 0.2) is 17.4 Å². The van der Waals surface area contributed by atoms with Gasteiger partial charge in [0.05, 0.1) is 16.8 Å². The summed E-state index contributed by atoms with van der Waals surface area (Å²) in [6.07, 6.45) is -0.440. The van der Waals surface area contributed by atoms with Gasteiger partial charge in [-0.2, -0.15) is 0 Å². The predicted molar refractivity (Wildman–Crippen MR) is 133 cm³/mol. The Morgan fingerprint density at radius 2 is 1.85 bits per heavy atom. The van der Waals surface area contributed by atoms with Crippen molar-refractivity contribution in [1.29, 1.82) is 0 Å². The number of carbonyl (C=O) groups is 1. The quantitative estimate of drug-likeness (QED) is 0.173. The Labute approximate surface area is 218 Å². The number of aliphatic hydroxyl groups excluding tert-OH is 1. The first-order valence-electron chi connectivity index (χ1n) is 11.8. The van der Waals surface area contributed by atoms with E-state index in [9.17, 15) is 23.1 Å². The normalized spacial score (nSPS) is 12.2. The maximum atomic E-state index is 15.1. The lowest BCUT2D eigenvalue weighted by molar-refractivity contribution is -0.136. The zero-order valence-electron chi connectivity index (χ0n) is 20.4. The molecule has 7 nitrogen and oxygen atoms in total. The van der Waals surface area contributed by atoms with E-state index in [0.29, 0.717) is 5.69 Å². The highest BCUT2D eigenvalue weighted by Gasteiger charge is 2.24. The van der Waals surface area contributed by atoms with Gasteiger partial charge in [-0.25, -0.2) is 22.5 Å². The van der Waals surface area contributed by atoms with Gasteiger partial charge in [0.2, 0.25) is 0 Å². The summed E-state index contributed by atoms with van der Waals surface area (Å²) >= 11 is 0. The number of imidazole rings is 1. The van der Waals surface area contributed by atoms with Gasteiger partial charge >= 0.3 is 5.97 Å². The number of nitrogens with one attached hydrogen (secondary N) is 2. The number of aliphatic carboxylic acids is 1. The van der Waals surface area contributed by atoms with Crippen molar-refractivity contribution in [3.63, 3.8) is 0 Å². The molecule has 2 aromatic heterocycles. The number of ether oxygens (including phenoxy) is 1. The lowest BCUT2D eigenvalue weighted by Gasteiger charge is -2.13. The van der Waals surface area contributed by atoms with E-state index in [2.05, 4.69) is 15.0 Å². The first-order valence-corrected chi connectivity index (χ1v) is 11.8. The first-order chi connectivity index (χ1) is 18.6. The van der Waals surface area contributed by atoms with E-state index >= 15 is 4.39 Å². The molecule has 11 heteroatoms. The molecule has 0 aliphatic heterocycles. The van der Waals surface area contributed by atoms with E-state index in [1.54, 1.807) is 6.92 Å². The molecule has 0 aliphatic rings. The molecule has 39 heavy (non-hydrogen) atoms. The summed E-state index contributed by atoms with van der Waals surface area (Å²) in [5.74, 6) is -5.24. The van der Waals surface area contributed by atoms with Crippen LogP contribution in [0, 0.1) is 30.2 Å². The third kappa shape index (κ3) is 4.96. The molecule has 0 spiro atoms. The molecule has 1 unspecified atom stereocenters. The second kappa shape index (κ2) is 10.3. The fourth-order valence-corrected chi connectivity index (χ4v) is 4.33. The van der Waals surface area contributed by atoms with Gasteiger partial charge in [-0.3, -0.25) is 4.79 Å². The van der Waals surface area contributed by atoms with Crippen LogP contribution in [0.5, 0.6) is 11.5 Å². The number of rotatable bonds is 8. The number of halogens is 4. The SMILES string of the molecule is Cc1[nH]c(-c2cc(Oc3c(F)cc4[nH]ccc4c3F)ccc2F)nc1C(O)c1cccc(CCC(=O)O)c1F.